The van der Waals surface area contributed by atoms with E-state index in [0.717, 1.165) is 12.0 Å². The van der Waals surface area contributed by atoms with Gasteiger partial charge in [-0.25, -0.2) is 14.2 Å². The summed E-state index contributed by atoms with van der Waals surface area (Å²) < 4.78 is 25.2. The van der Waals surface area contributed by atoms with Crippen molar-refractivity contribution in [3.05, 3.63) is 59.7 Å². The predicted molar refractivity (Wildman–Crippen MR) is 84.7 cm³/mol. The van der Waals surface area contributed by atoms with Gasteiger partial charge in [0, 0.05) is 12.3 Å². The molecule has 0 atom stereocenters. The Morgan fingerprint density at radius 2 is 2.25 bits per heavy atom. The van der Waals surface area contributed by atoms with E-state index in [1.807, 2.05) is 0 Å². The van der Waals surface area contributed by atoms with Gasteiger partial charge in [-0.2, -0.15) is 9.78 Å². The number of methoxy groups -OCH3 is 1. The lowest BCUT2D eigenvalue weighted by molar-refractivity contribution is 0.0600. The highest BCUT2D eigenvalue weighted by Crippen LogP contribution is 2.21. The van der Waals surface area contributed by atoms with E-state index in [1.54, 1.807) is 30.5 Å². The molecule has 0 bridgehead atoms. The van der Waals surface area contributed by atoms with Gasteiger partial charge in [-0.3, -0.25) is 0 Å². The molecule has 2 aromatic rings. The number of carbonyl (C=O) groups excluding carboxylic acids is 1. The number of halogens is 1. The minimum Gasteiger partial charge on any atom is -0.473 e. The Kier molecular flexibility index (Phi) is 4.69. The number of nitrogens with zero attached hydrogens (tertiary/aromatic N) is 3. The summed E-state index contributed by atoms with van der Waals surface area (Å²) in [5.41, 5.74) is 1.24. The molecule has 0 radical (unpaired) electrons. The van der Waals surface area contributed by atoms with Crippen molar-refractivity contribution in [3.63, 3.8) is 0 Å². The molecule has 0 saturated heterocycles. The second kappa shape index (κ2) is 7.08. The molecule has 24 heavy (non-hydrogen) atoms. The number of allylic oxidation sites excluding steroid dienone is 3. The van der Waals surface area contributed by atoms with Crippen LogP contribution in [0.25, 0.3) is 5.82 Å². The van der Waals surface area contributed by atoms with Gasteiger partial charge in [0.1, 0.15) is 12.4 Å². The van der Waals surface area contributed by atoms with Crippen molar-refractivity contribution in [3.8, 4) is 11.7 Å². The standard InChI is InChI=1S/C17H16FN3O3/c1-23-17(22)13-5-7-19-15(10-13)21-16(6-8-20-21)24-11-12-3-2-4-14(18)9-12/h4-10H,2-3,11H2,1H3. The first-order valence-corrected chi connectivity index (χ1v) is 7.44. The molecule has 0 aromatic carbocycles. The van der Waals surface area contributed by atoms with Crippen molar-refractivity contribution >= 4 is 5.97 Å². The van der Waals surface area contributed by atoms with Crippen LogP contribution in [0.15, 0.2) is 54.1 Å². The van der Waals surface area contributed by atoms with Gasteiger partial charge in [-0.05, 0) is 42.7 Å². The SMILES string of the molecule is COC(=O)c1ccnc(-n2nccc2OCC2=CC(F)=CCC2)c1. The summed E-state index contributed by atoms with van der Waals surface area (Å²) in [6, 6.07) is 4.80. The van der Waals surface area contributed by atoms with Crippen LogP contribution in [0.2, 0.25) is 0 Å². The minimum absolute atomic E-state index is 0.235. The van der Waals surface area contributed by atoms with Gasteiger partial charge in [-0.15, -0.1) is 0 Å². The number of ether oxygens (including phenoxy) is 2. The van der Waals surface area contributed by atoms with Crippen molar-refractivity contribution in [2.45, 2.75) is 12.8 Å². The molecule has 0 saturated carbocycles. The van der Waals surface area contributed by atoms with E-state index in [1.165, 1.54) is 24.1 Å². The fraction of sp³-hybridized carbons (Fsp3) is 0.235. The summed E-state index contributed by atoms with van der Waals surface area (Å²) in [5.74, 6) is 0.200. The van der Waals surface area contributed by atoms with E-state index < -0.39 is 5.97 Å². The molecule has 3 rings (SSSR count). The lowest BCUT2D eigenvalue weighted by Gasteiger charge is -2.13. The molecule has 0 fully saturated rings. The second-order valence-corrected chi connectivity index (χ2v) is 5.19. The molecule has 2 aromatic heterocycles. The Morgan fingerprint density at radius 3 is 3.04 bits per heavy atom. The zero-order valence-electron chi connectivity index (χ0n) is 13.1. The van der Waals surface area contributed by atoms with Gasteiger partial charge >= 0.3 is 5.97 Å². The molecule has 0 N–H and O–H groups in total. The van der Waals surface area contributed by atoms with Crippen molar-refractivity contribution in [1.29, 1.82) is 0 Å². The maximum atomic E-state index is 13.3. The van der Waals surface area contributed by atoms with Gasteiger partial charge in [0.15, 0.2) is 5.82 Å². The number of aromatic nitrogens is 3. The molecule has 1 aliphatic carbocycles. The van der Waals surface area contributed by atoms with E-state index in [2.05, 4.69) is 10.1 Å². The largest absolute Gasteiger partial charge is 0.473 e. The predicted octanol–water partition coefficient (Wildman–Crippen LogP) is 3.01. The van der Waals surface area contributed by atoms with Crippen LogP contribution >= 0.6 is 0 Å². The minimum atomic E-state index is -0.456. The van der Waals surface area contributed by atoms with Crippen LogP contribution in [-0.4, -0.2) is 34.5 Å². The summed E-state index contributed by atoms with van der Waals surface area (Å²) in [7, 11) is 1.32. The van der Waals surface area contributed by atoms with Gasteiger partial charge in [0.05, 0.1) is 18.9 Å². The molecule has 0 aliphatic heterocycles. The number of pyridine rings is 1. The first-order chi connectivity index (χ1) is 11.7. The number of esters is 1. The molecule has 0 spiro atoms. The Morgan fingerprint density at radius 1 is 1.38 bits per heavy atom. The van der Waals surface area contributed by atoms with Crippen LogP contribution in [-0.2, 0) is 4.74 Å². The monoisotopic (exact) mass is 329 g/mol. The number of rotatable bonds is 5. The summed E-state index contributed by atoms with van der Waals surface area (Å²) >= 11 is 0. The number of carbonyl (C=O) groups is 1. The normalized spacial score (nSPS) is 13.9. The third kappa shape index (κ3) is 3.51. The van der Waals surface area contributed by atoms with E-state index in [0.29, 0.717) is 23.7 Å². The van der Waals surface area contributed by atoms with Gasteiger partial charge in [0.2, 0.25) is 5.88 Å². The number of hydrogen-bond donors (Lipinski definition) is 0. The maximum absolute atomic E-state index is 13.3. The first kappa shape index (κ1) is 15.9. The fourth-order valence-electron chi connectivity index (χ4n) is 2.35. The highest BCUT2D eigenvalue weighted by Gasteiger charge is 2.13. The van der Waals surface area contributed by atoms with E-state index in [4.69, 9.17) is 9.47 Å². The zero-order chi connectivity index (χ0) is 16.9. The average Bonchev–Trinajstić information content (AvgIpc) is 3.08. The van der Waals surface area contributed by atoms with Crippen LogP contribution < -0.4 is 4.74 Å². The molecule has 1 aliphatic rings. The Labute approximate surface area is 138 Å². The van der Waals surface area contributed by atoms with E-state index in [9.17, 15) is 9.18 Å². The van der Waals surface area contributed by atoms with Crippen LogP contribution in [0.3, 0.4) is 0 Å². The van der Waals surface area contributed by atoms with Crippen LogP contribution in [0.1, 0.15) is 23.2 Å². The third-order valence-electron chi connectivity index (χ3n) is 3.54. The lowest BCUT2D eigenvalue weighted by Crippen LogP contribution is -2.09. The van der Waals surface area contributed by atoms with Crippen LogP contribution in [0, 0.1) is 0 Å². The van der Waals surface area contributed by atoms with Gasteiger partial charge in [-0.1, -0.05) is 0 Å². The van der Waals surface area contributed by atoms with Crippen molar-refractivity contribution in [1.82, 2.24) is 14.8 Å². The molecular formula is C17H16FN3O3. The van der Waals surface area contributed by atoms with Crippen molar-refractivity contribution in [2.75, 3.05) is 13.7 Å². The van der Waals surface area contributed by atoms with Crippen LogP contribution in [0.4, 0.5) is 4.39 Å². The Bertz CT molecular complexity index is 811. The van der Waals surface area contributed by atoms with E-state index >= 15 is 0 Å². The van der Waals surface area contributed by atoms with Crippen LogP contribution in [0.5, 0.6) is 5.88 Å². The van der Waals surface area contributed by atoms with E-state index in [-0.39, 0.29) is 12.4 Å². The molecule has 6 nitrogen and oxygen atoms in total. The maximum Gasteiger partial charge on any atom is 0.338 e. The highest BCUT2D eigenvalue weighted by molar-refractivity contribution is 5.89. The summed E-state index contributed by atoms with van der Waals surface area (Å²) in [4.78, 5) is 15.8. The summed E-state index contributed by atoms with van der Waals surface area (Å²) in [6.45, 7) is 0.268. The van der Waals surface area contributed by atoms with Gasteiger partial charge < -0.3 is 9.47 Å². The fourth-order valence-corrected chi connectivity index (χ4v) is 2.35. The summed E-state index contributed by atoms with van der Waals surface area (Å²) in [6.07, 6.45) is 7.53. The van der Waals surface area contributed by atoms with Gasteiger partial charge in [0.25, 0.3) is 0 Å². The second-order valence-electron chi connectivity index (χ2n) is 5.19. The molecule has 124 valence electrons. The lowest BCUT2D eigenvalue weighted by atomic mass is 10.1. The Balaban J connectivity index is 1.78. The zero-order valence-corrected chi connectivity index (χ0v) is 13.1. The van der Waals surface area contributed by atoms with Crippen molar-refractivity contribution < 1.29 is 18.7 Å². The molecule has 0 amide bonds. The molecule has 7 heteroatoms. The topological polar surface area (TPSA) is 66.2 Å². The highest BCUT2D eigenvalue weighted by atomic mass is 19.1. The van der Waals surface area contributed by atoms with Crippen molar-refractivity contribution in [2.24, 2.45) is 0 Å². The number of hydrogen-bond acceptors (Lipinski definition) is 5. The Hall–Kier alpha value is -2.96. The summed E-state index contributed by atoms with van der Waals surface area (Å²) in [5, 5.41) is 4.16. The third-order valence-corrected chi connectivity index (χ3v) is 3.54. The average molecular weight is 329 g/mol. The molecule has 0 unspecified atom stereocenters. The first-order valence-electron chi connectivity index (χ1n) is 7.44. The smallest absolute Gasteiger partial charge is 0.338 e. The quantitative estimate of drug-likeness (QED) is 0.789. The molecular weight excluding hydrogens is 313 g/mol. The molecule has 2 heterocycles.